The van der Waals surface area contributed by atoms with Gasteiger partial charge in [0, 0.05) is 29.7 Å². The maximum atomic E-state index is 13.6. The molecule has 0 amide bonds. The minimum atomic E-state index is -0.624. The van der Waals surface area contributed by atoms with Gasteiger partial charge in [-0.25, -0.2) is 8.78 Å². The van der Waals surface area contributed by atoms with E-state index in [0.29, 0.717) is 12.1 Å². The van der Waals surface area contributed by atoms with Crippen LogP contribution in [-0.4, -0.2) is 13.7 Å². The molecule has 82 valence electrons. The predicted molar refractivity (Wildman–Crippen MR) is 52.9 cm³/mol. The van der Waals surface area contributed by atoms with Gasteiger partial charge in [0.1, 0.15) is 17.4 Å². The van der Waals surface area contributed by atoms with Gasteiger partial charge in [-0.15, -0.1) is 0 Å². The summed E-state index contributed by atoms with van der Waals surface area (Å²) in [5, 5.41) is 0. The third-order valence-electron chi connectivity index (χ3n) is 3.01. The summed E-state index contributed by atoms with van der Waals surface area (Å²) in [6, 6.07) is 2.09. The van der Waals surface area contributed by atoms with E-state index in [-0.39, 0.29) is 11.2 Å². The third kappa shape index (κ3) is 1.59. The monoisotopic (exact) mass is 213 g/mol. The Hall–Kier alpha value is -1.16. The molecule has 1 aliphatic carbocycles. The average molecular weight is 213 g/mol. The highest BCUT2D eigenvalue weighted by Gasteiger charge is 2.47. The van der Waals surface area contributed by atoms with Gasteiger partial charge < -0.3 is 10.5 Å². The fraction of sp³-hybridized carbons (Fsp3) is 0.455. The van der Waals surface area contributed by atoms with Gasteiger partial charge in [-0.1, -0.05) is 0 Å². The lowest BCUT2D eigenvalue weighted by Gasteiger charge is -2.17. The van der Waals surface area contributed by atoms with Crippen molar-refractivity contribution in [3.05, 3.63) is 29.3 Å². The van der Waals surface area contributed by atoms with Crippen molar-refractivity contribution in [2.75, 3.05) is 13.7 Å². The fourth-order valence-electron chi connectivity index (χ4n) is 1.93. The SMILES string of the molecule is COc1cc(F)cc(F)c1C1(CN)CC1. The molecule has 2 N–H and O–H groups in total. The predicted octanol–water partition coefficient (Wildman–Crippen LogP) is 1.96. The molecule has 0 atom stereocenters. The number of ether oxygens (including phenoxy) is 1. The highest BCUT2D eigenvalue weighted by atomic mass is 19.1. The Balaban J connectivity index is 2.54. The van der Waals surface area contributed by atoms with Crippen LogP contribution in [0, 0.1) is 11.6 Å². The Morgan fingerprint density at radius 3 is 2.53 bits per heavy atom. The van der Waals surface area contributed by atoms with E-state index in [1.807, 2.05) is 0 Å². The number of hydrogen-bond acceptors (Lipinski definition) is 2. The normalized spacial score (nSPS) is 17.6. The number of rotatable bonds is 3. The number of halogens is 2. The smallest absolute Gasteiger partial charge is 0.133 e. The number of benzene rings is 1. The highest BCUT2D eigenvalue weighted by molar-refractivity contribution is 5.45. The maximum Gasteiger partial charge on any atom is 0.133 e. The first-order valence-corrected chi connectivity index (χ1v) is 4.86. The first kappa shape index (κ1) is 10.4. The molecule has 1 saturated carbocycles. The van der Waals surface area contributed by atoms with Gasteiger partial charge in [0.25, 0.3) is 0 Å². The maximum absolute atomic E-state index is 13.6. The second-order valence-corrected chi connectivity index (χ2v) is 3.95. The second-order valence-electron chi connectivity index (χ2n) is 3.95. The summed E-state index contributed by atoms with van der Waals surface area (Å²) in [5.74, 6) is -0.925. The van der Waals surface area contributed by atoms with Crippen molar-refractivity contribution < 1.29 is 13.5 Å². The number of methoxy groups -OCH3 is 1. The summed E-state index contributed by atoms with van der Waals surface area (Å²) in [7, 11) is 1.41. The van der Waals surface area contributed by atoms with Crippen LogP contribution in [0.1, 0.15) is 18.4 Å². The van der Waals surface area contributed by atoms with Gasteiger partial charge in [-0.3, -0.25) is 0 Å². The molecule has 1 aromatic carbocycles. The topological polar surface area (TPSA) is 35.2 Å². The first-order chi connectivity index (χ1) is 7.13. The zero-order valence-corrected chi connectivity index (χ0v) is 8.52. The highest BCUT2D eigenvalue weighted by Crippen LogP contribution is 2.51. The van der Waals surface area contributed by atoms with Gasteiger partial charge in [-0.05, 0) is 12.8 Å². The lowest BCUT2D eigenvalue weighted by atomic mass is 9.94. The van der Waals surface area contributed by atoms with Gasteiger partial charge in [0.15, 0.2) is 0 Å². The molecule has 0 saturated heterocycles. The minimum absolute atomic E-state index is 0.260. The molecule has 1 aromatic rings. The standard InChI is InChI=1S/C11H13F2NO/c1-15-9-5-7(12)4-8(13)10(9)11(6-14)2-3-11/h4-5H,2-3,6,14H2,1H3. The summed E-state index contributed by atoms with van der Waals surface area (Å²) in [6.07, 6.45) is 1.67. The second kappa shape index (κ2) is 3.45. The largest absolute Gasteiger partial charge is 0.496 e. The molecule has 0 radical (unpaired) electrons. The van der Waals surface area contributed by atoms with E-state index < -0.39 is 11.6 Å². The van der Waals surface area contributed by atoms with E-state index in [0.717, 1.165) is 18.9 Å². The van der Waals surface area contributed by atoms with E-state index in [4.69, 9.17) is 10.5 Å². The molecule has 1 aliphatic rings. The Bertz CT molecular complexity index is 388. The zero-order chi connectivity index (χ0) is 11.1. The van der Waals surface area contributed by atoms with Crippen molar-refractivity contribution in [2.24, 2.45) is 5.73 Å². The van der Waals surface area contributed by atoms with Gasteiger partial charge in [0.05, 0.1) is 7.11 Å². The molecule has 0 unspecified atom stereocenters. The van der Waals surface area contributed by atoms with Crippen molar-refractivity contribution in [1.29, 1.82) is 0 Å². The summed E-state index contributed by atoms with van der Waals surface area (Å²) in [5.41, 5.74) is 5.71. The zero-order valence-electron chi connectivity index (χ0n) is 8.52. The van der Waals surface area contributed by atoms with Crippen molar-refractivity contribution in [2.45, 2.75) is 18.3 Å². The summed E-state index contributed by atoms with van der Waals surface area (Å²) in [4.78, 5) is 0. The van der Waals surface area contributed by atoms with Crippen LogP contribution in [0.3, 0.4) is 0 Å². The van der Waals surface area contributed by atoms with Gasteiger partial charge in [0.2, 0.25) is 0 Å². The number of nitrogens with two attached hydrogens (primary N) is 1. The van der Waals surface area contributed by atoms with Crippen LogP contribution in [0.25, 0.3) is 0 Å². The average Bonchev–Trinajstić information content (AvgIpc) is 2.97. The third-order valence-corrected chi connectivity index (χ3v) is 3.01. The van der Waals surface area contributed by atoms with E-state index in [1.165, 1.54) is 13.2 Å². The van der Waals surface area contributed by atoms with E-state index in [2.05, 4.69) is 0 Å². The van der Waals surface area contributed by atoms with Crippen LogP contribution in [0.2, 0.25) is 0 Å². The molecule has 15 heavy (non-hydrogen) atoms. The van der Waals surface area contributed by atoms with E-state index in [1.54, 1.807) is 0 Å². The molecule has 0 bridgehead atoms. The molecule has 0 spiro atoms. The summed E-state index contributed by atoms with van der Waals surface area (Å²) >= 11 is 0. The number of hydrogen-bond donors (Lipinski definition) is 1. The van der Waals surface area contributed by atoms with E-state index in [9.17, 15) is 8.78 Å². The first-order valence-electron chi connectivity index (χ1n) is 4.86. The van der Waals surface area contributed by atoms with Crippen molar-refractivity contribution >= 4 is 0 Å². The van der Waals surface area contributed by atoms with Crippen molar-refractivity contribution in [3.8, 4) is 5.75 Å². The Morgan fingerprint density at radius 1 is 1.40 bits per heavy atom. The molecule has 2 rings (SSSR count). The fourth-order valence-corrected chi connectivity index (χ4v) is 1.93. The molecule has 0 aliphatic heterocycles. The van der Waals surface area contributed by atoms with Crippen molar-refractivity contribution in [1.82, 2.24) is 0 Å². The van der Waals surface area contributed by atoms with Crippen LogP contribution in [0.4, 0.5) is 8.78 Å². The molecule has 0 heterocycles. The Kier molecular flexibility index (Phi) is 2.38. The van der Waals surface area contributed by atoms with Gasteiger partial charge >= 0.3 is 0 Å². The molecule has 2 nitrogen and oxygen atoms in total. The van der Waals surface area contributed by atoms with Crippen LogP contribution in [0.15, 0.2) is 12.1 Å². The van der Waals surface area contributed by atoms with Crippen LogP contribution in [0.5, 0.6) is 5.75 Å². The quantitative estimate of drug-likeness (QED) is 0.833. The summed E-state index contributed by atoms with van der Waals surface area (Å²) < 4.78 is 31.6. The molecule has 1 fully saturated rings. The molecule has 0 aromatic heterocycles. The molecular formula is C11H13F2NO. The lowest BCUT2D eigenvalue weighted by molar-refractivity contribution is 0.392. The molecular weight excluding hydrogens is 200 g/mol. The molecule has 4 heteroatoms. The van der Waals surface area contributed by atoms with Crippen LogP contribution < -0.4 is 10.5 Å². The van der Waals surface area contributed by atoms with Crippen LogP contribution >= 0.6 is 0 Å². The van der Waals surface area contributed by atoms with E-state index >= 15 is 0 Å². The van der Waals surface area contributed by atoms with Gasteiger partial charge in [-0.2, -0.15) is 0 Å². The van der Waals surface area contributed by atoms with Crippen molar-refractivity contribution in [3.63, 3.8) is 0 Å². The summed E-state index contributed by atoms with van der Waals surface area (Å²) in [6.45, 7) is 0.367. The van der Waals surface area contributed by atoms with Crippen LogP contribution in [-0.2, 0) is 5.41 Å². The minimum Gasteiger partial charge on any atom is -0.496 e. The Morgan fingerprint density at radius 2 is 2.07 bits per heavy atom. The Labute approximate surface area is 87.0 Å². The lowest BCUT2D eigenvalue weighted by Crippen LogP contribution is -2.22.